The fourth-order valence-corrected chi connectivity index (χ4v) is 6.40. The van der Waals surface area contributed by atoms with E-state index >= 15 is 0 Å². The number of sulfonamides is 1. The molecule has 2 unspecified atom stereocenters. The summed E-state index contributed by atoms with van der Waals surface area (Å²) in [6.45, 7) is 4.22. The predicted octanol–water partition coefficient (Wildman–Crippen LogP) is 1.71. The van der Waals surface area contributed by atoms with Crippen LogP contribution >= 0.6 is 0 Å². The number of nitrogens with zero attached hydrogens (tertiary/aromatic N) is 1. The van der Waals surface area contributed by atoms with Gasteiger partial charge in [0.1, 0.15) is 0 Å². The van der Waals surface area contributed by atoms with E-state index in [1.807, 2.05) is 0 Å². The highest BCUT2D eigenvalue weighted by Gasteiger charge is 2.72. The first-order valence-corrected chi connectivity index (χ1v) is 7.10. The van der Waals surface area contributed by atoms with E-state index in [2.05, 4.69) is 13.8 Å². The van der Waals surface area contributed by atoms with Crippen molar-refractivity contribution in [1.29, 1.82) is 0 Å². The molecule has 3 aliphatic rings. The Balaban J connectivity index is 2.16. The minimum absolute atomic E-state index is 0.0185. The van der Waals surface area contributed by atoms with E-state index < -0.39 is 10.0 Å². The quantitative estimate of drug-likeness (QED) is 0.597. The third kappa shape index (κ3) is 0.884. The molecular weight excluding hydrogens is 217 g/mol. The molecule has 1 saturated heterocycles. The smallest absolute Gasteiger partial charge is 0.210 e. The highest BCUT2D eigenvalue weighted by molar-refractivity contribution is 7.89. The van der Waals surface area contributed by atoms with Crippen molar-refractivity contribution < 1.29 is 12.9 Å². The second-order valence-corrected chi connectivity index (χ2v) is 7.66. The van der Waals surface area contributed by atoms with Gasteiger partial charge in [-0.2, -0.15) is 0 Å². The maximum atomic E-state index is 13.7. The molecule has 1 spiro atoms. The molecule has 2 aliphatic carbocycles. The predicted molar refractivity (Wildman–Crippen MR) is 54.1 cm³/mol. The molecule has 0 aromatic rings. The lowest BCUT2D eigenvalue weighted by Gasteiger charge is -2.36. The zero-order valence-electron chi connectivity index (χ0n) is 9.03. The van der Waals surface area contributed by atoms with Crippen molar-refractivity contribution in [2.24, 2.45) is 16.7 Å². The fraction of sp³-hybridized carbons (Fsp3) is 1.00. The standard InChI is InChI=1S/C10H16FNO2S/c1-9(2)7-3-4-10(9)6-15(13,14)12(11)8(10)5-7/h7-8H,3-6H2,1-2H3/t7-,8?,10?/m1/s1. The maximum absolute atomic E-state index is 13.7. The molecule has 0 aromatic heterocycles. The van der Waals surface area contributed by atoms with Gasteiger partial charge >= 0.3 is 0 Å². The van der Waals surface area contributed by atoms with Crippen molar-refractivity contribution in [2.75, 3.05) is 5.75 Å². The molecule has 1 aliphatic heterocycles. The number of rotatable bonds is 0. The molecule has 2 saturated carbocycles. The summed E-state index contributed by atoms with van der Waals surface area (Å²) in [6.07, 6.45) is 2.64. The summed E-state index contributed by atoms with van der Waals surface area (Å²) in [5.74, 6) is 0.515. The molecule has 1 heterocycles. The van der Waals surface area contributed by atoms with Gasteiger partial charge in [-0.1, -0.05) is 13.8 Å². The molecule has 2 bridgehead atoms. The average Bonchev–Trinajstić information content (AvgIpc) is 2.56. The van der Waals surface area contributed by atoms with Crippen molar-refractivity contribution in [1.82, 2.24) is 4.53 Å². The summed E-state index contributed by atoms with van der Waals surface area (Å²) in [7, 11) is -3.63. The van der Waals surface area contributed by atoms with E-state index in [4.69, 9.17) is 0 Å². The van der Waals surface area contributed by atoms with Gasteiger partial charge < -0.3 is 0 Å². The lowest BCUT2D eigenvalue weighted by Crippen LogP contribution is -2.39. The van der Waals surface area contributed by atoms with E-state index in [1.165, 1.54) is 0 Å². The molecule has 3 rings (SSSR count). The maximum Gasteiger partial charge on any atom is 0.241 e. The van der Waals surface area contributed by atoms with E-state index in [0.29, 0.717) is 12.3 Å². The molecule has 86 valence electrons. The number of halogens is 1. The lowest BCUT2D eigenvalue weighted by molar-refractivity contribution is 0.0239. The molecule has 3 nitrogen and oxygen atoms in total. The SMILES string of the molecule is CC1(C)[C@@H]2CCC13CS(=O)(=O)N(F)C3C2. The molecule has 15 heavy (non-hydrogen) atoms. The second kappa shape index (κ2) is 2.40. The highest BCUT2D eigenvalue weighted by Crippen LogP contribution is 2.69. The van der Waals surface area contributed by atoms with Crippen LogP contribution in [0, 0.1) is 16.7 Å². The van der Waals surface area contributed by atoms with E-state index in [0.717, 1.165) is 12.8 Å². The molecule has 5 heteroatoms. The van der Waals surface area contributed by atoms with Crippen LogP contribution in [0.1, 0.15) is 33.1 Å². The number of fused-ring (bicyclic) bond motifs is 1. The van der Waals surface area contributed by atoms with Crippen LogP contribution in [0.3, 0.4) is 0 Å². The Bertz CT molecular complexity index is 419. The van der Waals surface area contributed by atoms with Crippen LogP contribution in [-0.4, -0.2) is 24.7 Å². The first kappa shape index (κ1) is 10.0. The second-order valence-electron chi connectivity index (χ2n) is 5.86. The van der Waals surface area contributed by atoms with E-state index in [9.17, 15) is 12.9 Å². The number of hydrogen-bond acceptors (Lipinski definition) is 2. The van der Waals surface area contributed by atoms with Crippen LogP contribution in [-0.2, 0) is 10.0 Å². The Morgan fingerprint density at radius 1 is 1.40 bits per heavy atom. The highest BCUT2D eigenvalue weighted by atomic mass is 32.2. The van der Waals surface area contributed by atoms with Crippen molar-refractivity contribution in [3.05, 3.63) is 0 Å². The van der Waals surface area contributed by atoms with Crippen molar-refractivity contribution in [3.63, 3.8) is 0 Å². The van der Waals surface area contributed by atoms with Crippen LogP contribution in [0.15, 0.2) is 0 Å². The minimum atomic E-state index is -3.63. The zero-order chi connectivity index (χ0) is 11.1. The van der Waals surface area contributed by atoms with Crippen LogP contribution in [0.5, 0.6) is 0 Å². The Morgan fingerprint density at radius 3 is 2.60 bits per heavy atom. The largest absolute Gasteiger partial charge is 0.241 e. The topological polar surface area (TPSA) is 37.4 Å². The van der Waals surface area contributed by atoms with Crippen molar-refractivity contribution in [3.8, 4) is 0 Å². The van der Waals surface area contributed by atoms with Crippen molar-refractivity contribution >= 4 is 10.0 Å². The molecule has 3 fully saturated rings. The average molecular weight is 233 g/mol. The first-order valence-electron chi connectivity index (χ1n) is 5.49. The molecule has 0 N–H and O–H groups in total. The van der Waals surface area contributed by atoms with Crippen molar-refractivity contribution in [2.45, 2.75) is 39.2 Å². The Kier molecular flexibility index (Phi) is 1.60. The summed E-state index contributed by atoms with van der Waals surface area (Å²) in [5, 5.41) is 0. The van der Waals surface area contributed by atoms with Gasteiger partial charge in [-0.05, 0) is 35.1 Å². The summed E-state index contributed by atoms with van der Waals surface area (Å²) in [4.78, 5) is 0. The molecular formula is C10H16FNO2S. The normalized spacial score (nSPS) is 50.9. The summed E-state index contributed by atoms with van der Waals surface area (Å²) < 4.78 is 37.1. The fourth-order valence-electron chi connectivity index (χ4n) is 4.24. The van der Waals surface area contributed by atoms with Gasteiger partial charge in [0.05, 0.1) is 11.8 Å². The zero-order valence-corrected chi connectivity index (χ0v) is 9.85. The summed E-state index contributed by atoms with van der Waals surface area (Å²) in [5.41, 5.74) is -0.336. The van der Waals surface area contributed by atoms with Crippen LogP contribution in [0.4, 0.5) is 4.48 Å². The van der Waals surface area contributed by atoms with Gasteiger partial charge in [0.2, 0.25) is 10.0 Å². The van der Waals surface area contributed by atoms with Gasteiger partial charge in [-0.25, -0.2) is 8.42 Å². The minimum Gasteiger partial charge on any atom is -0.210 e. The van der Waals surface area contributed by atoms with Crippen LogP contribution < -0.4 is 0 Å². The first-order chi connectivity index (χ1) is 6.81. The van der Waals surface area contributed by atoms with Gasteiger partial charge in [-0.3, -0.25) is 0 Å². The Labute approximate surface area is 89.6 Å². The lowest BCUT2D eigenvalue weighted by atomic mass is 9.69. The Morgan fingerprint density at radius 2 is 2.07 bits per heavy atom. The molecule has 3 atom stereocenters. The summed E-state index contributed by atoms with van der Waals surface area (Å²) >= 11 is 0. The summed E-state index contributed by atoms with van der Waals surface area (Å²) in [6, 6.07) is -0.378. The van der Waals surface area contributed by atoms with Crippen LogP contribution in [0.25, 0.3) is 0 Å². The van der Waals surface area contributed by atoms with Gasteiger partial charge in [0.25, 0.3) is 0 Å². The Hall–Kier alpha value is -0.160. The molecule has 0 amide bonds. The third-order valence-electron chi connectivity index (χ3n) is 5.34. The van der Waals surface area contributed by atoms with Gasteiger partial charge in [0.15, 0.2) is 0 Å². The van der Waals surface area contributed by atoms with Gasteiger partial charge in [0, 0.05) is 5.41 Å². The third-order valence-corrected chi connectivity index (χ3v) is 7.01. The van der Waals surface area contributed by atoms with Crippen LogP contribution in [0.2, 0.25) is 0 Å². The number of hydrogen-bond donors (Lipinski definition) is 0. The van der Waals surface area contributed by atoms with Gasteiger partial charge in [-0.15, -0.1) is 4.48 Å². The van der Waals surface area contributed by atoms with E-state index in [1.54, 1.807) is 0 Å². The van der Waals surface area contributed by atoms with E-state index in [-0.39, 0.29) is 27.2 Å². The molecule has 0 aromatic carbocycles. The molecule has 0 radical (unpaired) electrons. The monoisotopic (exact) mass is 233 g/mol.